The molecular formula is C22H17FN4O4. The van der Waals surface area contributed by atoms with Crippen LogP contribution in [0.4, 0.5) is 10.1 Å². The van der Waals surface area contributed by atoms with Crippen molar-refractivity contribution in [2.45, 2.75) is 0 Å². The van der Waals surface area contributed by atoms with E-state index in [1.807, 2.05) is 0 Å². The standard InChI is InChI=1S/C22H17FN4O4/c1-26-21(29)18-10-13(20(28)25-15-4-3-5-17(11-15)31-2)12-24-19(18)27(22(26)30)16-8-6-14(23)7-9-16/h3-12H,1-2H3,(H,25,28). The van der Waals surface area contributed by atoms with Crippen molar-refractivity contribution >= 4 is 22.6 Å². The molecule has 0 saturated heterocycles. The number of ether oxygens (including phenoxy) is 1. The molecule has 0 spiro atoms. The molecule has 2 heterocycles. The molecule has 4 aromatic rings. The van der Waals surface area contributed by atoms with Crippen LogP contribution in [0.2, 0.25) is 0 Å². The molecule has 0 aliphatic carbocycles. The van der Waals surface area contributed by atoms with Gasteiger partial charge in [0.05, 0.1) is 23.7 Å². The summed E-state index contributed by atoms with van der Waals surface area (Å²) in [6, 6.07) is 13.4. The first kappa shape index (κ1) is 20.0. The molecule has 8 nitrogen and oxygen atoms in total. The second-order valence-electron chi connectivity index (χ2n) is 6.74. The monoisotopic (exact) mass is 420 g/mol. The molecule has 0 atom stereocenters. The average Bonchev–Trinajstić information content (AvgIpc) is 2.78. The summed E-state index contributed by atoms with van der Waals surface area (Å²) in [7, 11) is 2.84. The minimum atomic E-state index is -0.634. The number of benzene rings is 2. The van der Waals surface area contributed by atoms with Crippen molar-refractivity contribution in [3.8, 4) is 11.4 Å². The number of carbonyl (C=O) groups excluding carboxylic acids is 1. The van der Waals surface area contributed by atoms with Gasteiger partial charge in [-0.2, -0.15) is 0 Å². The lowest BCUT2D eigenvalue weighted by atomic mass is 10.2. The summed E-state index contributed by atoms with van der Waals surface area (Å²) >= 11 is 0. The number of rotatable bonds is 4. The van der Waals surface area contributed by atoms with Crippen LogP contribution in [0.5, 0.6) is 5.75 Å². The molecule has 31 heavy (non-hydrogen) atoms. The first-order valence-corrected chi connectivity index (χ1v) is 9.22. The van der Waals surface area contributed by atoms with Gasteiger partial charge < -0.3 is 10.1 Å². The number of pyridine rings is 1. The SMILES string of the molecule is COc1cccc(NC(=O)c2cnc3c(c2)c(=O)n(C)c(=O)n3-c2ccc(F)cc2)c1. The van der Waals surface area contributed by atoms with Crippen LogP contribution < -0.4 is 21.3 Å². The Morgan fingerprint density at radius 1 is 1.10 bits per heavy atom. The van der Waals surface area contributed by atoms with Crippen molar-refractivity contribution in [1.82, 2.24) is 14.1 Å². The number of carbonyl (C=O) groups is 1. The highest BCUT2D eigenvalue weighted by Crippen LogP contribution is 2.19. The second kappa shape index (κ2) is 7.86. The second-order valence-corrected chi connectivity index (χ2v) is 6.74. The van der Waals surface area contributed by atoms with E-state index in [2.05, 4.69) is 10.3 Å². The number of hydrogen-bond donors (Lipinski definition) is 1. The lowest BCUT2D eigenvalue weighted by Crippen LogP contribution is -2.38. The van der Waals surface area contributed by atoms with E-state index in [0.29, 0.717) is 17.1 Å². The van der Waals surface area contributed by atoms with E-state index in [-0.39, 0.29) is 16.6 Å². The van der Waals surface area contributed by atoms with E-state index in [4.69, 9.17) is 4.74 Å². The van der Waals surface area contributed by atoms with E-state index in [1.54, 1.807) is 24.3 Å². The summed E-state index contributed by atoms with van der Waals surface area (Å²) in [5.74, 6) is -0.369. The Hall–Kier alpha value is -4.27. The van der Waals surface area contributed by atoms with Gasteiger partial charge >= 0.3 is 5.69 Å². The van der Waals surface area contributed by atoms with Crippen LogP contribution >= 0.6 is 0 Å². The van der Waals surface area contributed by atoms with Crippen LogP contribution in [-0.2, 0) is 7.05 Å². The summed E-state index contributed by atoms with van der Waals surface area (Å²) in [4.78, 5) is 42.3. The maximum Gasteiger partial charge on any atom is 0.337 e. The Balaban J connectivity index is 1.82. The summed E-state index contributed by atoms with van der Waals surface area (Å²) in [6.07, 6.45) is 1.27. The zero-order valence-electron chi connectivity index (χ0n) is 16.6. The number of amides is 1. The number of aromatic nitrogens is 3. The average molecular weight is 420 g/mol. The normalized spacial score (nSPS) is 10.8. The van der Waals surface area contributed by atoms with Gasteiger partial charge in [-0.05, 0) is 42.5 Å². The zero-order valence-corrected chi connectivity index (χ0v) is 16.6. The van der Waals surface area contributed by atoms with E-state index in [9.17, 15) is 18.8 Å². The van der Waals surface area contributed by atoms with Crippen molar-refractivity contribution in [2.24, 2.45) is 7.05 Å². The molecule has 4 rings (SSSR count). The number of nitrogens with one attached hydrogen (secondary N) is 1. The number of hydrogen-bond acceptors (Lipinski definition) is 5. The van der Waals surface area contributed by atoms with Crippen molar-refractivity contribution in [1.29, 1.82) is 0 Å². The fourth-order valence-corrected chi connectivity index (χ4v) is 3.15. The summed E-state index contributed by atoms with van der Waals surface area (Å²) < 4.78 is 20.6. The van der Waals surface area contributed by atoms with Crippen molar-refractivity contribution in [3.05, 3.63) is 93.0 Å². The molecule has 1 amide bonds. The topological polar surface area (TPSA) is 95.2 Å². The van der Waals surface area contributed by atoms with E-state index in [1.165, 1.54) is 55.3 Å². The molecule has 1 N–H and O–H groups in total. The van der Waals surface area contributed by atoms with Crippen LogP contribution in [0.1, 0.15) is 10.4 Å². The Labute approximate surface area is 175 Å². The maximum atomic E-state index is 13.3. The fraction of sp³-hybridized carbons (Fsp3) is 0.0909. The quantitative estimate of drug-likeness (QED) is 0.547. The van der Waals surface area contributed by atoms with Gasteiger partial charge in [-0.15, -0.1) is 0 Å². The molecule has 0 aliphatic heterocycles. The van der Waals surface area contributed by atoms with Crippen LogP contribution in [0.15, 0.2) is 70.4 Å². The predicted octanol–water partition coefficient (Wildman–Crippen LogP) is 2.48. The largest absolute Gasteiger partial charge is 0.497 e. The maximum absolute atomic E-state index is 13.3. The Kier molecular flexibility index (Phi) is 5.08. The molecule has 2 aromatic carbocycles. The minimum Gasteiger partial charge on any atom is -0.497 e. The van der Waals surface area contributed by atoms with E-state index in [0.717, 1.165) is 4.57 Å². The number of nitrogens with zero attached hydrogens (tertiary/aromatic N) is 3. The van der Waals surface area contributed by atoms with Crippen LogP contribution in [0.25, 0.3) is 16.7 Å². The molecule has 9 heteroatoms. The summed E-state index contributed by atoms with van der Waals surface area (Å²) in [5, 5.41) is 2.79. The van der Waals surface area contributed by atoms with Gasteiger partial charge in [0.15, 0.2) is 5.65 Å². The highest BCUT2D eigenvalue weighted by atomic mass is 19.1. The van der Waals surface area contributed by atoms with Gasteiger partial charge in [-0.25, -0.2) is 18.7 Å². The highest BCUT2D eigenvalue weighted by Gasteiger charge is 2.16. The predicted molar refractivity (Wildman–Crippen MR) is 113 cm³/mol. The highest BCUT2D eigenvalue weighted by molar-refractivity contribution is 6.05. The lowest BCUT2D eigenvalue weighted by Gasteiger charge is -2.12. The lowest BCUT2D eigenvalue weighted by molar-refractivity contribution is 0.102. The van der Waals surface area contributed by atoms with Crippen LogP contribution in [-0.4, -0.2) is 27.1 Å². The first-order chi connectivity index (χ1) is 14.9. The van der Waals surface area contributed by atoms with E-state index >= 15 is 0 Å². The third kappa shape index (κ3) is 3.68. The number of methoxy groups -OCH3 is 1. The third-order valence-corrected chi connectivity index (χ3v) is 4.77. The number of halogens is 1. The van der Waals surface area contributed by atoms with Gasteiger partial charge in [0.2, 0.25) is 0 Å². The summed E-state index contributed by atoms with van der Waals surface area (Å²) in [6.45, 7) is 0. The summed E-state index contributed by atoms with van der Waals surface area (Å²) in [5.41, 5.74) is -0.178. The smallest absolute Gasteiger partial charge is 0.337 e. The molecule has 2 aromatic heterocycles. The van der Waals surface area contributed by atoms with Crippen LogP contribution in [0.3, 0.4) is 0 Å². The zero-order chi connectivity index (χ0) is 22.1. The Morgan fingerprint density at radius 3 is 2.55 bits per heavy atom. The van der Waals surface area contributed by atoms with Gasteiger partial charge in [0.1, 0.15) is 11.6 Å². The van der Waals surface area contributed by atoms with Crippen LogP contribution in [0, 0.1) is 5.82 Å². The number of fused-ring (bicyclic) bond motifs is 1. The molecule has 0 saturated carbocycles. The molecule has 0 bridgehead atoms. The Morgan fingerprint density at radius 2 is 1.84 bits per heavy atom. The number of anilines is 1. The molecule has 0 fully saturated rings. The molecular weight excluding hydrogens is 403 g/mol. The third-order valence-electron chi connectivity index (χ3n) is 4.77. The molecule has 0 radical (unpaired) electrons. The van der Waals surface area contributed by atoms with Gasteiger partial charge in [0, 0.05) is 25.0 Å². The van der Waals surface area contributed by atoms with Gasteiger partial charge in [-0.1, -0.05) is 6.07 Å². The minimum absolute atomic E-state index is 0.0673. The molecule has 156 valence electrons. The van der Waals surface area contributed by atoms with E-state index < -0.39 is 23.0 Å². The fourth-order valence-electron chi connectivity index (χ4n) is 3.15. The van der Waals surface area contributed by atoms with Crippen molar-refractivity contribution in [3.63, 3.8) is 0 Å². The molecule has 0 aliphatic rings. The van der Waals surface area contributed by atoms with Crippen molar-refractivity contribution < 1.29 is 13.9 Å². The van der Waals surface area contributed by atoms with Crippen molar-refractivity contribution in [2.75, 3.05) is 12.4 Å². The Bertz CT molecular complexity index is 1420. The first-order valence-electron chi connectivity index (χ1n) is 9.22. The van der Waals surface area contributed by atoms with Gasteiger partial charge in [0.25, 0.3) is 11.5 Å². The van der Waals surface area contributed by atoms with Gasteiger partial charge in [-0.3, -0.25) is 14.2 Å². The molecule has 0 unspecified atom stereocenters.